The van der Waals surface area contributed by atoms with Crippen LogP contribution in [-0.2, 0) is 4.74 Å². The van der Waals surface area contributed by atoms with Gasteiger partial charge in [-0.25, -0.2) is 13.8 Å². The number of nitrogens with zero attached hydrogens (tertiary/aromatic N) is 1. The number of halogens is 3. The second-order valence-corrected chi connectivity index (χ2v) is 6.05. The van der Waals surface area contributed by atoms with Gasteiger partial charge in [-0.05, 0) is 28.4 Å². The van der Waals surface area contributed by atoms with Crippen LogP contribution in [0.3, 0.4) is 0 Å². The van der Waals surface area contributed by atoms with Crippen molar-refractivity contribution < 1.29 is 23.4 Å². The fraction of sp³-hybridized carbons (Fsp3) is 0.643. The summed E-state index contributed by atoms with van der Waals surface area (Å²) >= 11 is 3.30. The predicted octanol–water partition coefficient (Wildman–Crippen LogP) is 3.18. The Bertz CT molecular complexity index is 438. The Morgan fingerprint density at radius 2 is 2.10 bits per heavy atom. The molecule has 1 N–H and O–H groups in total. The van der Waals surface area contributed by atoms with Gasteiger partial charge in [-0.15, -0.1) is 0 Å². The van der Waals surface area contributed by atoms with Gasteiger partial charge in [-0.2, -0.15) is 0 Å². The summed E-state index contributed by atoms with van der Waals surface area (Å²) in [7, 11) is 0. The molecular weight excluding hydrogens is 348 g/mol. The summed E-state index contributed by atoms with van der Waals surface area (Å²) < 4.78 is 37.6. The van der Waals surface area contributed by atoms with E-state index in [0.29, 0.717) is 5.88 Å². The van der Waals surface area contributed by atoms with Crippen LogP contribution in [0.5, 0.6) is 5.88 Å². The first-order valence-electron chi connectivity index (χ1n) is 6.87. The Balaban J connectivity index is 1.56. The van der Waals surface area contributed by atoms with Gasteiger partial charge < -0.3 is 14.6 Å². The van der Waals surface area contributed by atoms with Crippen LogP contribution in [-0.4, -0.2) is 41.4 Å². The molecule has 0 saturated heterocycles. The summed E-state index contributed by atoms with van der Waals surface area (Å²) in [6, 6.07) is 3.64. The zero-order valence-corrected chi connectivity index (χ0v) is 13.1. The highest BCUT2D eigenvalue weighted by Crippen LogP contribution is 2.28. The number of aliphatic hydroxyl groups is 1. The maximum Gasteiger partial charge on any atom is 0.270 e. The van der Waals surface area contributed by atoms with Crippen molar-refractivity contribution in [2.45, 2.75) is 43.8 Å². The first-order chi connectivity index (χ1) is 9.98. The van der Waals surface area contributed by atoms with Gasteiger partial charge in [0.2, 0.25) is 5.88 Å². The molecule has 1 heterocycles. The summed E-state index contributed by atoms with van der Waals surface area (Å²) in [4.78, 5) is 4.12. The minimum absolute atomic E-state index is 0.0631. The molecule has 0 aromatic carbocycles. The largest absolute Gasteiger partial charge is 0.474 e. The highest BCUT2D eigenvalue weighted by Gasteiger charge is 2.32. The molecule has 0 aliphatic heterocycles. The van der Waals surface area contributed by atoms with Gasteiger partial charge in [0, 0.05) is 42.6 Å². The van der Waals surface area contributed by atoms with Crippen LogP contribution in [0.1, 0.15) is 25.7 Å². The first kappa shape index (κ1) is 16.6. The van der Waals surface area contributed by atoms with E-state index >= 15 is 0 Å². The van der Waals surface area contributed by atoms with Crippen LogP contribution in [0.25, 0.3) is 0 Å². The average Bonchev–Trinajstić information content (AvgIpc) is 2.42. The highest BCUT2D eigenvalue weighted by atomic mass is 79.9. The number of hydrogen-bond donors (Lipinski definition) is 1. The standard InChI is InChI=1S/C14H18BrF2NO3/c15-10-2-3-13(18-8-10)21-12-6-11(7-12)20-5-1-4-14(16,17)9-19/h2-3,8,11-12,19H,1,4-7,9H2. The van der Waals surface area contributed by atoms with Gasteiger partial charge >= 0.3 is 0 Å². The van der Waals surface area contributed by atoms with E-state index in [1.54, 1.807) is 12.3 Å². The van der Waals surface area contributed by atoms with E-state index in [2.05, 4.69) is 20.9 Å². The average molecular weight is 366 g/mol. The SMILES string of the molecule is OCC(F)(F)CCCOC1CC(Oc2ccc(Br)cn2)C1. The summed E-state index contributed by atoms with van der Waals surface area (Å²) in [6.07, 6.45) is 3.18. The summed E-state index contributed by atoms with van der Waals surface area (Å²) in [5.74, 6) is -2.42. The maximum absolute atomic E-state index is 12.8. The second-order valence-electron chi connectivity index (χ2n) is 5.14. The minimum Gasteiger partial charge on any atom is -0.474 e. The van der Waals surface area contributed by atoms with Gasteiger partial charge in [0.15, 0.2) is 0 Å². The smallest absolute Gasteiger partial charge is 0.270 e. The summed E-state index contributed by atoms with van der Waals surface area (Å²) in [5, 5.41) is 8.44. The lowest BCUT2D eigenvalue weighted by Crippen LogP contribution is -2.40. The van der Waals surface area contributed by atoms with Gasteiger partial charge in [-0.1, -0.05) is 0 Å². The third-order valence-corrected chi connectivity index (χ3v) is 3.78. The Kier molecular flexibility index (Phi) is 5.89. The Morgan fingerprint density at radius 3 is 2.71 bits per heavy atom. The van der Waals surface area contributed by atoms with Crippen LogP contribution in [0.2, 0.25) is 0 Å². The van der Waals surface area contributed by atoms with Crippen molar-refractivity contribution >= 4 is 15.9 Å². The Hall–Kier alpha value is -0.790. The Labute approximate surface area is 130 Å². The predicted molar refractivity (Wildman–Crippen MR) is 76.6 cm³/mol. The van der Waals surface area contributed by atoms with Gasteiger partial charge in [-0.3, -0.25) is 0 Å². The molecule has 4 nitrogen and oxygen atoms in total. The topological polar surface area (TPSA) is 51.6 Å². The number of ether oxygens (including phenoxy) is 2. The number of pyridine rings is 1. The molecule has 1 aromatic rings. The van der Waals surface area contributed by atoms with Crippen LogP contribution in [0.4, 0.5) is 8.78 Å². The maximum atomic E-state index is 12.8. The van der Waals surface area contributed by atoms with Crippen LogP contribution in [0, 0.1) is 0 Å². The quantitative estimate of drug-likeness (QED) is 0.718. The molecule has 0 atom stereocenters. The van der Waals surface area contributed by atoms with E-state index in [9.17, 15) is 8.78 Å². The van der Waals surface area contributed by atoms with E-state index in [0.717, 1.165) is 17.3 Å². The van der Waals surface area contributed by atoms with E-state index in [4.69, 9.17) is 14.6 Å². The monoisotopic (exact) mass is 365 g/mol. The normalized spacial score (nSPS) is 21.9. The number of aromatic nitrogens is 1. The molecule has 1 aromatic heterocycles. The number of alkyl halides is 2. The van der Waals surface area contributed by atoms with E-state index in [1.165, 1.54) is 0 Å². The van der Waals surface area contributed by atoms with Gasteiger partial charge in [0.25, 0.3) is 5.92 Å². The number of rotatable bonds is 8. The van der Waals surface area contributed by atoms with Gasteiger partial charge in [0.1, 0.15) is 12.7 Å². The molecule has 0 unspecified atom stereocenters. The Morgan fingerprint density at radius 1 is 1.33 bits per heavy atom. The van der Waals surface area contributed by atoms with Crippen LogP contribution < -0.4 is 4.74 Å². The molecule has 2 rings (SSSR count). The third-order valence-electron chi connectivity index (χ3n) is 3.31. The molecule has 1 fully saturated rings. The van der Waals surface area contributed by atoms with Crippen molar-refractivity contribution in [2.75, 3.05) is 13.2 Å². The summed E-state index contributed by atoms with van der Waals surface area (Å²) in [5.41, 5.74) is 0. The molecular formula is C14H18BrF2NO3. The zero-order valence-electron chi connectivity index (χ0n) is 11.5. The van der Waals surface area contributed by atoms with E-state index in [-0.39, 0.29) is 31.7 Å². The number of aliphatic hydroxyl groups excluding tert-OH is 1. The molecule has 1 aliphatic carbocycles. The lowest BCUT2D eigenvalue weighted by Gasteiger charge is -2.34. The first-order valence-corrected chi connectivity index (χ1v) is 7.66. The lowest BCUT2D eigenvalue weighted by molar-refractivity contribution is -0.0825. The molecule has 21 heavy (non-hydrogen) atoms. The molecule has 1 aliphatic rings. The third kappa shape index (κ3) is 5.48. The van der Waals surface area contributed by atoms with Crippen molar-refractivity contribution in [3.8, 4) is 5.88 Å². The fourth-order valence-electron chi connectivity index (χ4n) is 2.01. The second kappa shape index (κ2) is 7.47. The van der Waals surface area contributed by atoms with Gasteiger partial charge in [0.05, 0.1) is 6.10 Å². The van der Waals surface area contributed by atoms with Crippen molar-refractivity contribution in [2.24, 2.45) is 0 Å². The zero-order chi connectivity index (χ0) is 15.3. The number of hydrogen-bond acceptors (Lipinski definition) is 4. The van der Waals surface area contributed by atoms with Crippen molar-refractivity contribution in [3.63, 3.8) is 0 Å². The molecule has 7 heteroatoms. The molecule has 1 saturated carbocycles. The molecule has 0 amide bonds. The molecule has 0 bridgehead atoms. The van der Waals surface area contributed by atoms with E-state index < -0.39 is 12.5 Å². The molecule has 0 spiro atoms. The molecule has 118 valence electrons. The van der Waals surface area contributed by atoms with Crippen LogP contribution in [0.15, 0.2) is 22.8 Å². The van der Waals surface area contributed by atoms with Crippen LogP contribution >= 0.6 is 15.9 Å². The highest BCUT2D eigenvalue weighted by molar-refractivity contribution is 9.10. The van der Waals surface area contributed by atoms with Crippen molar-refractivity contribution in [1.82, 2.24) is 4.98 Å². The van der Waals surface area contributed by atoms with Crippen molar-refractivity contribution in [1.29, 1.82) is 0 Å². The molecule has 0 radical (unpaired) electrons. The van der Waals surface area contributed by atoms with E-state index in [1.807, 2.05) is 6.07 Å². The minimum atomic E-state index is -3.00. The van der Waals surface area contributed by atoms with Crippen molar-refractivity contribution in [3.05, 3.63) is 22.8 Å². The summed E-state index contributed by atoms with van der Waals surface area (Å²) in [6.45, 7) is -0.823. The fourth-order valence-corrected chi connectivity index (χ4v) is 2.25. The lowest BCUT2D eigenvalue weighted by atomic mass is 9.92.